The zero-order valence-corrected chi connectivity index (χ0v) is 21.3. The Morgan fingerprint density at radius 2 is 1.63 bits per heavy atom. The third-order valence-corrected chi connectivity index (χ3v) is 7.70. The third kappa shape index (κ3) is 9.33. The van der Waals surface area contributed by atoms with Crippen molar-refractivity contribution in [3.63, 3.8) is 0 Å². The molecule has 3 aliphatic rings. The van der Waals surface area contributed by atoms with Gasteiger partial charge >= 0.3 is 11.9 Å². The highest BCUT2D eigenvalue weighted by Crippen LogP contribution is 2.32. The average molecular weight is 522 g/mol. The molecule has 0 bridgehead atoms. The summed E-state index contributed by atoms with van der Waals surface area (Å²) in [6, 6.07) is 4.89. The lowest BCUT2D eigenvalue weighted by molar-refractivity contribution is -0.137. The van der Waals surface area contributed by atoms with Crippen LogP contribution in [0.1, 0.15) is 82.6 Å². The molecule has 2 aliphatic carbocycles. The normalized spacial score (nSPS) is 19.5. The minimum absolute atomic E-state index is 0.281. The molecule has 2 N–H and O–H groups in total. The van der Waals surface area contributed by atoms with Crippen LogP contribution in [0.5, 0.6) is 5.75 Å². The number of amides is 2. The first kappa shape index (κ1) is 27.3. The monoisotopic (exact) mass is 521 g/mol. The molecular formula is C26H32ClNO6S. The van der Waals surface area contributed by atoms with Crippen LogP contribution in [0.4, 0.5) is 4.79 Å². The Morgan fingerprint density at radius 1 is 1.03 bits per heavy atom. The van der Waals surface area contributed by atoms with Crippen molar-refractivity contribution in [1.29, 1.82) is 0 Å². The van der Waals surface area contributed by atoms with Crippen LogP contribution >= 0.6 is 23.4 Å². The Labute approximate surface area is 215 Å². The van der Waals surface area contributed by atoms with Gasteiger partial charge in [-0.05, 0) is 60.2 Å². The van der Waals surface area contributed by atoms with E-state index in [0.717, 1.165) is 30.5 Å². The highest BCUT2D eigenvalue weighted by Gasteiger charge is 2.25. The van der Waals surface area contributed by atoms with E-state index >= 15 is 0 Å². The molecular weight excluding hydrogens is 490 g/mol. The van der Waals surface area contributed by atoms with Crippen molar-refractivity contribution in [2.75, 3.05) is 0 Å². The molecule has 1 saturated heterocycles. The van der Waals surface area contributed by atoms with Gasteiger partial charge in [-0.15, -0.1) is 0 Å². The van der Waals surface area contributed by atoms with E-state index in [1.54, 1.807) is 24.3 Å². The zero-order valence-electron chi connectivity index (χ0n) is 19.7. The zero-order chi connectivity index (χ0) is 25.2. The third-order valence-electron chi connectivity index (χ3n) is 6.59. The van der Waals surface area contributed by atoms with Gasteiger partial charge in [0.15, 0.2) is 0 Å². The van der Waals surface area contributed by atoms with Gasteiger partial charge in [0.25, 0.3) is 11.1 Å². The summed E-state index contributed by atoms with van der Waals surface area (Å²) in [7, 11) is 0. The van der Waals surface area contributed by atoms with Gasteiger partial charge in [-0.3, -0.25) is 24.5 Å². The smallest absolute Gasteiger partial charge is 0.311 e. The molecule has 9 heteroatoms. The van der Waals surface area contributed by atoms with Gasteiger partial charge in [0, 0.05) is 12.8 Å². The molecule has 3 fully saturated rings. The van der Waals surface area contributed by atoms with E-state index in [1.165, 1.54) is 51.4 Å². The van der Waals surface area contributed by atoms with Gasteiger partial charge in [-0.1, -0.05) is 69.0 Å². The van der Waals surface area contributed by atoms with Gasteiger partial charge in [-0.25, -0.2) is 0 Å². The molecule has 0 aromatic heterocycles. The van der Waals surface area contributed by atoms with Crippen molar-refractivity contribution >= 4 is 52.5 Å². The average Bonchev–Trinajstić information content (AvgIpc) is 3.57. The Balaban J connectivity index is 0.000000287. The highest BCUT2D eigenvalue weighted by atomic mass is 35.5. The predicted octanol–water partition coefficient (Wildman–Crippen LogP) is 6.58. The summed E-state index contributed by atoms with van der Waals surface area (Å²) in [4.78, 5) is 45.1. The molecule has 2 amide bonds. The summed E-state index contributed by atoms with van der Waals surface area (Å²) in [5.41, 5.74) is 0.656. The molecule has 4 rings (SSSR count). The second kappa shape index (κ2) is 13.7. The van der Waals surface area contributed by atoms with Crippen LogP contribution in [-0.4, -0.2) is 28.2 Å². The maximum Gasteiger partial charge on any atom is 0.311 e. The van der Waals surface area contributed by atoms with Gasteiger partial charge < -0.3 is 9.84 Å². The minimum atomic E-state index is -0.646. The maximum atomic E-state index is 12.0. The Hall–Kier alpha value is -2.32. The Bertz CT molecular complexity index is 967. The number of thioether (sulfide) groups is 1. The van der Waals surface area contributed by atoms with Gasteiger partial charge in [0.05, 0.1) is 9.93 Å². The highest BCUT2D eigenvalue weighted by molar-refractivity contribution is 8.18. The SMILES string of the molecule is O=C(CCC1CCCC1)Oc1ccc(/C=C2\SC(=O)NC2=O)cc1Cl.O=C(O)CCC1CCCC1. The van der Waals surface area contributed by atoms with E-state index in [-0.39, 0.29) is 5.97 Å². The van der Waals surface area contributed by atoms with Crippen LogP contribution in [0.3, 0.4) is 0 Å². The number of ether oxygens (including phenoxy) is 1. The van der Waals surface area contributed by atoms with Gasteiger partial charge in [-0.2, -0.15) is 0 Å². The van der Waals surface area contributed by atoms with Crippen molar-refractivity contribution < 1.29 is 29.0 Å². The van der Waals surface area contributed by atoms with Crippen LogP contribution in [-0.2, 0) is 14.4 Å². The fraction of sp³-hybridized carbons (Fsp3) is 0.538. The summed E-state index contributed by atoms with van der Waals surface area (Å²) in [6.45, 7) is 0. The summed E-state index contributed by atoms with van der Waals surface area (Å²) in [6.07, 6.45) is 14.1. The number of hydrogen-bond donors (Lipinski definition) is 2. The topological polar surface area (TPSA) is 110 Å². The quantitative estimate of drug-likeness (QED) is 0.226. The lowest BCUT2D eigenvalue weighted by Crippen LogP contribution is -2.17. The number of rotatable bonds is 8. The lowest BCUT2D eigenvalue weighted by Gasteiger charge is -2.09. The summed E-state index contributed by atoms with van der Waals surface area (Å²) < 4.78 is 5.34. The van der Waals surface area contributed by atoms with Gasteiger partial charge in [0.2, 0.25) is 0 Å². The number of nitrogens with one attached hydrogen (secondary N) is 1. The van der Waals surface area contributed by atoms with Crippen LogP contribution in [0.15, 0.2) is 23.1 Å². The maximum absolute atomic E-state index is 12.0. The fourth-order valence-corrected chi connectivity index (χ4v) is 5.59. The molecule has 0 atom stereocenters. The molecule has 2 saturated carbocycles. The molecule has 0 spiro atoms. The molecule has 0 unspecified atom stereocenters. The van der Waals surface area contributed by atoms with Crippen LogP contribution in [0, 0.1) is 11.8 Å². The Kier molecular flexibility index (Phi) is 10.7. The van der Waals surface area contributed by atoms with Gasteiger partial charge in [0.1, 0.15) is 5.75 Å². The predicted molar refractivity (Wildman–Crippen MR) is 136 cm³/mol. The number of carboxylic acid groups (broad SMARTS) is 1. The Morgan fingerprint density at radius 3 is 2.14 bits per heavy atom. The van der Waals surface area contributed by atoms with Crippen molar-refractivity contribution in [2.45, 2.75) is 77.0 Å². The van der Waals surface area contributed by atoms with E-state index in [1.807, 2.05) is 0 Å². The summed E-state index contributed by atoms with van der Waals surface area (Å²) in [5.74, 6) is 0.308. The number of imide groups is 1. The molecule has 1 aromatic rings. The van der Waals surface area contributed by atoms with Crippen molar-refractivity contribution in [2.24, 2.45) is 11.8 Å². The van der Waals surface area contributed by atoms with Crippen LogP contribution in [0.2, 0.25) is 5.02 Å². The molecule has 35 heavy (non-hydrogen) atoms. The van der Waals surface area contributed by atoms with Crippen LogP contribution < -0.4 is 10.1 Å². The molecule has 1 heterocycles. The lowest BCUT2D eigenvalue weighted by atomic mass is 10.0. The molecule has 1 aliphatic heterocycles. The van der Waals surface area contributed by atoms with Crippen molar-refractivity contribution in [3.8, 4) is 5.75 Å². The molecule has 1 aromatic carbocycles. The number of carbonyl (C=O) groups excluding carboxylic acids is 3. The second-order valence-electron chi connectivity index (χ2n) is 9.29. The number of halogens is 1. The summed E-state index contributed by atoms with van der Waals surface area (Å²) in [5, 5.41) is 10.5. The van der Waals surface area contributed by atoms with E-state index < -0.39 is 17.1 Å². The standard InChI is InChI=1S/C18H18ClNO4S.C8H14O2/c19-13-9-12(10-15-17(22)20-18(23)25-15)5-7-14(13)24-16(21)8-6-11-3-1-2-4-11;9-8(10)6-5-7-3-1-2-4-7/h5,7,9-11H,1-4,6,8H2,(H,20,22,23);7H,1-6H2,(H,9,10)/b15-10-;. The summed E-state index contributed by atoms with van der Waals surface area (Å²) >= 11 is 7.01. The molecule has 0 radical (unpaired) electrons. The number of carbonyl (C=O) groups is 4. The first-order chi connectivity index (χ1) is 16.8. The number of benzene rings is 1. The van der Waals surface area contributed by atoms with E-state index in [0.29, 0.717) is 40.0 Å². The van der Waals surface area contributed by atoms with Crippen LogP contribution in [0.25, 0.3) is 6.08 Å². The second-order valence-corrected chi connectivity index (χ2v) is 10.7. The largest absolute Gasteiger partial charge is 0.481 e. The first-order valence-electron chi connectivity index (χ1n) is 12.3. The number of aliphatic carboxylic acids is 1. The first-order valence-corrected chi connectivity index (χ1v) is 13.5. The van der Waals surface area contributed by atoms with E-state index in [4.69, 9.17) is 21.4 Å². The molecule has 7 nitrogen and oxygen atoms in total. The number of hydrogen-bond acceptors (Lipinski definition) is 6. The number of carboxylic acids is 1. The van der Waals surface area contributed by atoms with E-state index in [9.17, 15) is 19.2 Å². The minimum Gasteiger partial charge on any atom is -0.481 e. The van der Waals surface area contributed by atoms with Crippen molar-refractivity contribution in [1.82, 2.24) is 5.32 Å². The molecule has 190 valence electrons. The van der Waals surface area contributed by atoms with E-state index in [2.05, 4.69) is 5.32 Å². The number of esters is 1. The van der Waals surface area contributed by atoms with Crippen molar-refractivity contribution in [3.05, 3.63) is 33.7 Å². The fourth-order valence-electron chi connectivity index (χ4n) is 4.68.